The Hall–Kier alpha value is -1.17. The molecular weight excluding hydrogens is 335 g/mol. The predicted octanol–water partition coefficient (Wildman–Crippen LogP) is -0.157. The van der Waals surface area contributed by atoms with Gasteiger partial charge in [-0.2, -0.15) is 13.2 Å². The van der Waals surface area contributed by atoms with Gasteiger partial charge in [-0.15, -0.1) is 0 Å². The molecule has 2 rings (SSSR count). The van der Waals surface area contributed by atoms with Crippen LogP contribution in [0.4, 0.5) is 13.2 Å². The second-order valence-corrected chi connectivity index (χ2v) is 7.15. The molecule has 1 aromatic heterocycles. The summed E-state index contributed by atoms with van der Waals surface area (Å²) in [6.45, 7) is 2.19. The molecule has 1 aromatic rings. The van der Waals surface area contributed by atoms with E-state index in [4.69, 9.17) is 0 Å². The molecular formula is C12H20F3N5O2S. The second kappa shape index (κ2) is 6.75. The van der Waals surface area contributed by atoms with Crippen molar-refractivity contribution in [2.24, 2.45) is 7.05 Å². The van der Waals surface area contributed by atoms with Crippen LogP contribution in [-0.4, -0.2) is 67.8 Å². The fourth-order valence-corrected chi connectivity index (χ4v) is 3.44. The summed E-state index contributed by atoms with van der Waals surface area (Å²) in [5.74, 6) is 0.458. The van der Waals surface area contributed by atoms with E-state index in [0.717, 1.165) is 0 Å². The zero-order chi connectivity index (χ0) is 17.3. The van der Waals surface area contributed by atoms with Gasteiger partial charge in [0.05, 0.1) is 0 Å². The fraction of sp³-hybridized carbons (Fsp3) is 0.750. The Morgan fingerprint density at radius 2 is 2.00 bits per heavy atom. The molecule has 1 aliphatic heterocycles. The Morgan fingerprint density at radius 3 is 2.48 bits per heavy atom. The Labute approximate surface area is 132 Å². The number of piperazine rings is 1. The Balaban J connectivity index is 2.11. The molecule has 1 saturated heterocycles. The first-order valence-corrected chi connectivity index (χ1v) is 8.60. The maximum atomic E-state index is 13.2. The van der Waals surface area contributed by atoms with Crippen molar-refractivity contribution < 1.29 is 21.6 Å². The number of nitrogens with zero attached hydrogens (tertiary/aromatic N) is 3. The smallest absolute Gasteiger partial charge is 0.337 e. The monoisotopic (exact) mass is 355 g/mol. The Bertz CT molecular complexity index is 618. The van der Waals surface area contributed by atoms with Crippen LogP contribution in [0, 0.1) is 6.92 Å². The number of alkyl halides is 3. The summed E-state index contributed by atoms with van der Waals surface area (Å²) in [5, 5.41) is 2.69. The highest BCUT2D eigenvalue weighted by Crippen LogP contribution is 2.25. The van der Waals surface area contributed by atoms with E-state index in [1.165, 1.54) is 15.7 Å². The number of aryl methyl sites for hydroxylation is 2. The number of halogens is 3. The average Bonchev–Trinajstić information content (AvgIpc) is 2.79. The number of aromatic nitrogens is 2. The van der Waals surface area contributed by atoms with Crippen molar-refractivity contribution in [1.29, 1.82) is 0 Å². The van der Waals surface area contributed by atoms with Crippen LogP contribution in [0.25, 0.3) is 0 Å². The van der Waals surface area contributed by atoms with Gasteiger partial charge >= 0.3 is 6.18 Å². The summed E-state index contributed by atoms with van der Waals surface area (Å²) in [5.41, 5.74) is 0. The molecule has 132 valence electrons. The van der Waals surface area contributed by atoms with Crippen molar-refractivity contribution in [1.82, 2.24) is 24.5 Å². The lowest BCUT2D eigenvalue weighted by molar-refractivity contribution is -0.182. The Morgan fingerprint density at radius 1 is 1.39 bits per heavy atom. The van der Waals surface area contributed by atoms with Crippen LogP contribution < -0.4 is 10.0 Å². The van der Waals surface area contributed by atoms with Crippen LogP contribution in [0.5, 0.6) is 0 Å². The summed E-state index contributed by atoms with van der Waals surface area (Å²) in [6.07, 6.45) is -3.25. The third-order valence-corrected chi connectivity index (χ3v) is 5.09. The van der Waals surface area contributed by atoms with Gasteiger partial charge in [-0.1, -0.05) is 0 Å². The predicted molar refractivity (Wildman–Crippen MR) is 77.4 cm³/mol. The summed E-state index contributed by atoms with van der Waals surface area (Å²) >= 11 is 0. The number of hydrogen-bond acceptors (Lipinski definition) is 5. The molecule has 1 unspecified atom stereocenters. The Kier molecular flexibility index (Phi) is 5.33. The minimum Gasteiger partial charge on any atom is -0.337 e. The molecule has 0 amide bonds. The SMILES string of the molecule is Cc1nc(S(=O)(=O)NCC(N2CCNCC2)C(F)(F)F)cn1C. The van der Waals surface area contributed by atoms with Gasteiger partial charge in [0.15, 0.2) is 5.03 Å². The number of hydrogen-bond donors (Lipinski definition) is 2. The molecule has 0 spiro atoms. The lowest BCUT2D eigenvalue weighted by atomic mass is 10.2. The highest BCUT2D eigenvalue weighted by Gasteiger charge is 2.44. The van der Waals surface area contributed by atoms with Crippen LogP contribution in [0.15, 0.2) is 11.2 Å². The van der Waals surface area contributed by atoms with Crippen molar-refractivity contribution >= 4 is 10.0 Å². The average molecular weight is 355 g/mol. The highest BCUT2D eigenvalue weighted by atomic mass is 32.2. The van der Waals surface area contributed by atoms with Crippen molar-refractivity contribution in [2.75, 3.05) is 32.7 Å². The number of rotatable bonds is 5. The van der Waals surface area contributed by atoms with Gasteiger partial charge in [-0.3, -0.25) is 4.90 Å². The van der Waals surface area contributed by atoms with E-state index >= 15 is 0 Å². The number of imidazole rings is 1. The van der Waals surface area contributed by atoms with E-state index in [-0.39, 0.29) is 18.1 Å². The van der Waals surface area contributed by atoms with Gasteiger partial charge in [0.25, 0.3) is 10.0 Å². The highest BCUT2D eigenvalue weighted by molar-refractivity contribution is 7.89. The van der Waals surface area contributed by atoms with Crippen molar-refractivity contribution in [2.45, 2.75) is 24.2 Å². The molecule has 1 fully saturated rings. The molecule has 11 heteroatoms. The van der Waals surface area contributed by atoms with Crippen molar-refractivity contribution in [3.05, 3.63) is 12.0 Å². The van der Waals surface area contributed by atoms with Gasteiger partial charge < -0.3 is 9.88 Å². The largest absolute Gasteiger partial charge is 0.405 e. The second-order valence-electron chi connectivity index (χ2n) is 5.43. The molecule has 0 saturated carbocycles. The maximum absolute atomic E-state index is 13.2. The van der Waals surface area contributed by atoms with Gasteiger partial charge in [0, 0.05) is 46.0 Å². The molecule has 7 nitrogen and oxygen atoms in total. The first-order valence-electron chi connectivity index (χ1n) is 7.12. The first-order chi connectivity index (χ1) is 10.6. The zero-order valence-corrected chi connectivity index (χ0v) is 13.7. The lowest BCUT2D eigenvalue weighted by Crippen LogP contribution is -2.57. The minimum absolute atomic E-state index is 0.217. The third kappa shape index (κ3) is 4.43. The molecule has 0 radical (unpaired) electrons. The van der Waals surface area contributed by atoms with E-state index in [9.17, 15) is 21.6 Å². The standard InChI is InChI=1S/C12H20F3N5O2S/c1-9-18-11(8-19(9)2)23(21,22)17-7-10(12(13,14)15)20-5-3-16-4-6-20/h8,10,16-17H,3-7H2,1-2H3. The first kappa shape index (κ1) is 18.2. The summed E-state index contributed by atoms with van der Waals surface area (Å²) in [6, 6.07) is -1.86. The quantitative estimate of drug-likeness (QED) is 0.768. The molecule has 23 heavy (non-hydrogen) atoms. The van der Waals surface area contributed by atoms with Crippen molar-refractivity contribution in [3.8, 4) is 0 Å². The molecule has 1 atom stereocenters. The van der Waals surface area contributed by atoms with E-state index in [1.54, 1.807) is 14.0 Å². The molecule has 0 bridgehead atoms. The van der Waals surface area contributed by atoms with Crippen LogP contribution in [-0.2, 0) is 17.1 Å². The van der Waals surface area contributed by atoms with Crippen LogP contribution in [0.1, 0.15) is 5.82 Å². The fourth-order valence-electron chi connectivity index (χ4n) is 2.36. The topological polar surface area (TPSA) is 79.3 Å². The molecule has 1 aliphatic rings. The van der Waals surface area contributed by atoms with E-state index in [0.29, 0.717) is 18.9 Å². The van der Waals surface area contributed by atoms with Crippen LogP contribution in [0.3, 0.4) is 0 Å². The van der Waals surface area contributed by atoms with E-state index in [1.807, 2.05) is 4.72 Å². The number of sulfonamides is 1. The molecule has 2 heterocycles. The van der Waals surface area contributed by atoms with Gasteiger partial charge in [-0.05, 0) is 6.92 Å². The van der Waals surface area contributed by atoms with Crippen LogP contribution >= 0.6 is 0 Å². The number of nitrogens with one attached hydrogen (secondary N) is 2. The summed E-state index contributed by atoms with van der Waals surface area (Å²) in [7, 11) is -2.47. The third-order valence-electron chi connectivity index (χ3n) is 3.80. The van der Waals surface area contributed by atoms with E-state index < -0.39 is 28.8 Å². The summed E-state index contributed by atoms with van der Waals surface area (Å²) < 4.78 is 67.5. The van der Waals surface area contributed by atoms with E-state index in [2.05, 4.69) is 10.3 Å². The van der Waals surface area contributed by atoms with Crippen LogP contribution in [0.2, 0.25) is 0 Å². The molecule has 0 aliphatic carbocycles. The maximum Gasteiger partial charge on any atom is 0.405 e. The normalized spacial score (nSPS) is 19.0. The molecule has 2 N–H and O–H groups in total. The molecule has 0 aromatic carbocycles. The lowest BCUT2D eigenvalue weighted by Gasteiger charge is -2.35. The zero-order valence-electron chi connectivity index (χ0n) is 12.9. The van der Waals surface area contributed by atoms with Crippen molar-refractivity contribution in [3.63, 3.8) is 0 Å². The van der Waals surface area contributed by atoms with Gasteiger partial charge in [0.2, 0.25) is 0 Å². The van der Waals surface area contributed by atoms with Gasteiger partial charge in [0.1, 0.15) is 11.9 Å². The minimum atomic E-state index is -4.51. The summed E-state index contributed by atoms with van der Waals surface area (Å²) in [4.78, 5) is 5.08. The van der Waals surface area contributed by atoms with Gasteiger partial charge in [-0.25, -0.2) is 18.1 Å².